The Bertz CT molecular complexity index is 2140. The van der Waals surface area contributed by atoms with Gasteiger partial charge in [-0.1, -0.05) is 115 Å². The van der Waals surface area contributed by atoms with Crippen molar-refractivity contribution in [2.24, 2.45) is 4.99 Å². The van der Waals surface area contributed by atoms with Crippen LogP contribution in [0.3, 0.4) is 0 Å². The summed E-state index contributed by atoms with van der Waals surface area (Å²) in [6, 6.07) is 31.6. The molecule has 0 unspecified atom stereocenters. The number of hydrogen-bond acceptors (Lipinski definition) is 7. The smallest absolute Gasteiger partial charge is 0.285 e. The van der Waals surface area contributed by atoms with Gasteiger partial charge in [-0.25, -0.2) is 0 Å². The van der Waals surface area contributed by atoms with Crippen LogP contribution in [0.5, 0.6) is 11.5 Å². The van der Waals surface area contributed by atoms with Gasteiger partial charge in [0.2, 0.25) is 5.91 Å². The summed E-state index contributed by atoms with van der Waals surface area (Å²) in [7, 11) is 1.49. The number of ether oxygens (including phenoxy) is 2. The summed E-state index contributed by atoms with van der Waals surface area (Å²) in [5.41, 5.74) is 3.83. The third-order valence-corrected chi connectivity index (χ3v) is 9.73. The van der Waals surface area contributed by atoms with Gasteiger partial charge < -0.3 is 14.8 Å². The van der Waals surface area contributed by atoms with Crippen LogP contribution < -0.4 is 14.8 Å². The van der Waals surface area contributed by atoms with Gasteiger partial charge in [-0.15, -0.1) is 0 Å². The molecular formula is C42H35IN4O5S. The molecule has 0 saturated heterocycles. The van der Waals surface area contributed by atoms with Gasteiger partial charge in [0, 0.05) is 11.3 Å². The summed E-state index contributed by atoms with van der Waals surface area (Å²) < 4.78 is 12.4. The highest BCUT2D eigenvalue weighted by Gasteiger charge is 2.35. The number of methoxy groups -OCH3 is 1. The molecule has 266 valence electrons. The lowest BCUT2D eigenvalue weighted by Gasteiger charge is -2.28. The van der Waals surface area contributed by atoms with Crippen molar-refractivity contribution in [2.45, 2.75) is 19.6 Å². The molecule has 0 atom stereocenters. The fraction of sp³-hybridized carbons (Fsp3) is 0.119. The number of carbonyl (C=O) groups is 3. The average molecular weight is 835 g/mol. The largest absolute Gasteiger partial charge is 0.493 e. The van der Waals surface area contributed by atoms with Crippen LogP contribution >= 0.6 is 34.4 Å². The van der Waals surface area contributed by atoms with Gasteiger partial charge in [-0.2, -0.15) is 10.3 Å². The summed E-state index contributed by atoms with van der Waals surface area (Å²) in [5.74, 6) is -0.935. The third kappa shape index (κ3) is 9.59. The first-order valence-electron chi connectivity index (χ1n) is 16.4. The molecule has 0 spiro atoms. The van der Waals surface area contributed by atoms with Crippen molar-refractivity contribution in [1.29, 1.82) is 5.26 Å². The molecule has 1 heterocycles. The van der Waals surface area contributed by atoms with E-state index >= 15 is 0 Å². The second-order valence-electron chi connectivity index (χ2n) is 11.4. The molecule has 5 rings (SSSR count). The Hall–Kier alpha value is -5.71. The van der Waals surface area contributed by atoms with Gasteiger partial charge in [0.15, 0.2) is 16.7 Å². The maximum absolute atomic E-state index is 14.2. The van der Waals surface area contributed by atoms with E-state index in [0.29, 0.717) is 31.9 Å². The van der Waals surface area contributed by atoms with Crippen LogP contribution in [0.2, 0.25) is 0 Å². The standard InChI is InChI=1S/C42H35IN4O5S/c1-4-6-21-33(5-2)47-41(50)34(22-28-23-35(43)39(36(24-28)51-3)52-26-32-20-14-13-19-31(32)25-44)40(49)46-42(47)53-27-37(48)45-38(29-15-9-7-10-16-29)30-17-11-8-12-18-30/h4-24,38H,1,26-27H2,2-3H3,(H,45,48)/b21-6-,33-5+,34-22+. The highest BCUT2D eigenvalue weighted by molar-refractivity contribution is 14.1. The van der Waals surface area contributed by atoms with Crippen molar-refractivity contribution in [3.63, 3.8) is 0 Å². The Morgan fingerprint density at radius 2 is 1.70 bits per heavy atom. The number of hydrogen-bond donors (Lipinski definition) is 1. The molecule has 0 saturated carbocycles. The molecule has 3 amide bonds. The van der Waals surface area contributed by atoms with Crippen LogP contribution in [-0.4, -0.2) is 40.7 Å². The topological polar surface area (TPSA) is 121 Å². The predicted octanol–water partition coefficient (Wildman–Crippen LogP) is 8.14. The fourth-order valence-corrected chi connectivity index (χ4v) is 7.02. The van der Waals surface area contributed by atoms with E-state index in [2.05, 4.69) is 45.5 Å². The number of allylic oxidation sites excluding steroid dienone is 4. The van der Waals surface area contributed by atoms with Gasteiger partial charge in [0.25, 0.3) is 11.8 Å². The molecule has 1 aliphatic heterocycles. The lowest BCUT2D eigenvalue weighted by molar-refractivity contribution is -0.126. The maximum Gasteiger partial charge on any atom is 0.285 e. The van der Waals surface area contributed by atoms with E-state index in [-0.39, 0.29) is 29.0 Å². The quantitative estimate of drug-likeness (QED) is 0.0625. The fourth-order valence-electron chi connectivity index (χ4n) is 5.43. The minimum absolute atomic E-state index is 0.0682. The second kappa shape index (κ2) is 18.7. The summed E-state index contributed by atoms with van der Waals surface area (Å²) in [5, 5.41) is 12.6. The van der Waals surface area contributed by atoms with Gasteiger partial charge >= 0.3 is 0 Å². The van der Waals surface area contributed by atoms with E-state index in [0.717, 1.165) is 28.5 Å². The normalized spacial score (nSPS) is 13.9. The van der Waals surface area contributed by atoms with Gasteiger partial charge in [-0.05, 0) is 76.6 Å². The molecule has 0 bridgehead atoms. The van der Waals surface area contributed by atoms with E-state index in [1.165, 1.54) is 18.1 Å². The molecule has 4 aromatic carbocycles. The Balaban J connectivity index is 1.41. The number of aliphatic imine (C=N–C) groups is 1. The zero-order chi connectivity index (χ0) is 37.7. The summed E-state index contributed by atoms with van der Waals surface area (Å²) in [4.78, 5) is 46.8. The van der Waals surface area contributed by atoms with E-state index in [4.69, 9.17) is 9.47 Å². The molecule has 1 N–H and O–H groups in total. The van der Waals surface area contributed by atoms with Crippen molar-refractivity contribution in [1.82, 2.24) is 10.2 Å². The zero-order valence-electron chi connectivity index (χ0n) is 29.0. The summed E-state index contributed by atoms with van der Waals surface area (Å²) in [6.07, 6.45) is 8.09. The van der Waals surface area contributed by atoms with E-state index < -0.39 is 17.9 Å². The van der Waals surface area contributed by atoms with Crippen molar-refractivity contribution < 1.29 is 23.9 Å². The first kappa shape index (κ1) is 38.5. The first-order chi connectivity index (χ1) is 25.8. The van der Waals surface area contributed by atoms with Crippen molar-refractivity contribution >= 4 is 63.3 Å². The molecule has 4 aromatic rings. The molecule has 0 aliphatic carbocycles. The van der Waals surface area contributed by atoms with Gasteiger partial charge in [0.05, 0.1) is 34.1 Å². The molecule has 1 aliphatic rings. The first-order valence-corrected chi connectivity index (χ1v) is 18.5. The maximum atomic E-state index is 14.2. The minimum atomic E-state index is -0.744. The van der Waals surface area contributed by atoms with Crippen LogP contribution in [-0.2, 0) is 21.0 Å². The number of nitrogens with zero attached hydrogens (tertiary/aromatic N) is 3. The zero-order valence-corrected chi connectivity index (χ0v) is 32.0. The van der Waals surface area contributed by atoms with Crippen LogP contribution in [0.15, 0.2) is 144 Å². The average Bonchev–Trinajstić information content (AvgIpc) is 3.18. The Kier molecular flexibility index (Phi) is 13.6. The van der Waals surface area contributed by atoms with Gasteiger partial charge in [0.1, 0.15) is 12.2 Å². The Morgan fingerprint density at radius 1 is 1.04 bits per heavy atom. The lowest BCUT2D eigenvalue weighted by Crippen LogP contribution is -2.42. The van der Waals surface area contributed by atoms with Crippen molar-refractivity contribution in [3.8, 4) is 17.6 Å². The highest BCUT2D eigenvalue weighted by Crippen LogP contribution is 2.36. The number of amidine groups is 1. The molecule has 0 aromatic heterocycles. The number of rotatable bonds is 13. The molecule has 11 heteroatoms. The summed E-state index contributed by atoms with van der Waals surface area (Å²) in [6.45, 7) is 5.63. The minimum Gasteiger partial charge on any atom is -0.493 e. The van der Waals surface area contributed by atoms with Crippen LogP contribution in [0.1, 0.15) is 40.8 Å². The summed E-state index contributed by atoms with van der Waals surface area (Å²) >= 11 is 3.09. The molecule has 53 heavy (non-hydrogen) atoms. The number of benzene rings is 4. The van der Waals surface area contributed by atoms with Crippen LogP contribution in [0.25, 0.3) is 6.08 Å². The lowest BCUT2D eigenvalue weighted by atomic mass is 9.99. The molecule has 0 fully saturated rings. The SMILES string of the molecule is C=C/C=C\C(=C/C)N1C(=O)/C(=C/c2cc(I)c(OCc3ccccc3C#N)c(OC)c2)C(=O)N=C1SCC(=O)NC(c1ccccc1)c1ccccc1. The Morgan fingerprint density at radius 3 is 2.32 bits per heavy atom. The monoisotopic (exact) mass is 834 g/mol. The molecule has 0 radical (unpaired) electrons. The van der Waals surface area contributed by atoms with Gasteiger partial charge in [-0.3, -0.25) is 19.3 Å². The highest BCUT2D eigenvalue weighted by atomic mass is 127. The Labute approximate surface area is 326 Å². The van der Waals surface area contributed by atoms with Crippen molar-refractivity contribution in [3.05, 3.63) is 171 Å². The predicted molar refractivity (Wildman–Crippen MR) is 217 cm³/mol. The van der Waals surface area contributed by atoms with E-state index in [9.17, 15) is 19.6 Å². The number of amides is 3. The number of nitrogens with one attached hydrogen (secondary N) is 1. The van der Waals surface area contributed by atoms with Crippen molar-refractivity contribution in [2.75, 3.05) is 12.9 Å². The molecule has 9 nitrogen and oxygen atoms in total. The van der Waals surface area contributed by atoms with Crippen LogP contribution in [0.4, 0.5) is 0 Å². The van der Waals surface area contributed by atoms with E-state index in [1.54, 1.807) is 55.5 Å². The third-order valence-electron chi connectivity index (χ3n) is 7.99. The molecular weight excluding hydrogens is 799 g/mol. The second-order valence-corrected chi connectivity index (χ2v) is 13.5. The number of halogens is 1. The number of carbonyl (C=O) groups excluding carboxylic acids is 3. The number of nitriles is 1. The van der Waals surface area contributed by atoms with Crippen LogP contribution in [0, 0.1) is 14.9 Å². The van der Waals surface area contributed by atoms with E-state index in [1.807, 2.05) is 72.8 Å². The number of thioether (sulfide) groups is 1.